The van der Waals surface area contributed by atoms with Crippen LogP contribution >= 0.6 is 0 Å². The lowest BCUT2D eigenvalue weighted by Crippen LogP contribution is -2.50. The molecule has 0 spiro atoms. The third-order valence-corrected chi connectivity index (χ3v) is 8.09. The summed E-state index contributed by atoms with van der Waals surface area (Å²) in [5.41, 5.74) is 20.3. The molecule has 0 bridgehead atoms. The number of hydrogen-bond acceptors (Lipinski definition) is 12. The Morgan fingerprint density at radius 2 is 1.41 bits per heavy atom. The van der Waals surface area contributed by atoms with E-state index < -0.39 is 17.5 Å². The topological polar surface area (TPSA) is 208 Å². The number of fused-ring (bicyclic) bond motifs is 2. The molecule has 1 aliphatic heterocycles. The average Bonchev–Trinajstić information content (AvgIpc) is 3.59. The number of carbonyl (C=O) groups is 3. The minimum Gasteiger partial charge on any atom is -0.494 e. The predicted molar refractivity (Wildman–Crippen MR) is 191 cm³/mol. The van der Waals surface area contributed by atoms with Crippen molar-refractivity contribution in [3.63, 3.8) is 0 Å². The Balaban J connectivity index is 1.27. The zero-order valence-electron chi connectivity index (χ0n) is 29.4. The van der Waals surface area contributed by atoms with Gasteiger partial charge in [-0.25, -0.2) is 19.6 Å². The second-order valence-electron chi connectivity index (χ2n) is 12.8. The van der Waals surface area contributed by atoms with Crippen molar-refractivity contribution >= 4 is 51.9 Å². The number of methoxy groups -OCH3 is 2. The maximum Gasteiger partial charge on any atom is 0.410 e. The number of nitrogens with two attached hydrogens (primary N) is 3. The van der Waals surface area contributed by atoms with Crippen LogP contribution in [0.1, 0.15) is 41.5 Å². The molecule has 16 nitrogen and oxygen atoms in total. The second kappa shape index (κ2) is 15.3. The molecule has 16 heteroatoms. The smallest absolute Gasteiger partial charge is 0.410 e. The van der Waals surface area contributed by atoms with Crippen LogP contribution in [0.2, 0.25) is 0 Å². The van der Waals surface area contributed by atoms with Gasteiger partial charge in [-0.1, -0.05) is 24.0 Å². The van der Waals surface area contributed by atoms with Gasteiger partial charge in [-0.3, -0.25) is 9.69 Å². The van der Waals surface area contributed by atoms with Crippen LogP contribution in [0.3, 0.4) is 0 Å². The molecule has 1 aliphatic rings. The third-order valence-electron chi connectivity index (χ3n) is 8.09. The van der Waals surface area contributed by atoms with Crippen LogP contribution in [-0.4, -0.2) is 106 Å². The number of carbonyl (C=O) groups excluding carboxylic acids is 3. The minimum atomic E-state index is -0.634. The summed E-state index contributed by atoms with van der Waals surface area (Å²) in [5.74, 6) is 6.23. The summed E-state index contributed by atoms with van der Waals surface area (Å²) in [6.45, 7) is 9.21. The first-order valence-electron chi connectivity index (χ1n) is 16.2. The zero-order valence-corrected chi connectivity index (χ0v) is 29.4. The van der Waals surface area contributed by atoms with E-state index in [1.807, 2.05) is 32.9 Å². The van der Waals surface area contributed by atoms with Gasteiger partial charge in [-0.05, 0) is 45.0 Å². The molecule has 2 amide bonds. The number of rotatable bonds is 10. The van der Waals surface area contributed by atoms with Gasteiger partial charge in [-0.2, -0.15) is 0 Å². The Kier molecular flexibility index (Phi) is 10.9. The highest BCUT2D eigenvalue weighted by molar-refractivity contribution is 5.99. The van der Waals surface area contributed by atoms with Crippen LogP contribution in [0, 0.1) is 11.8 Å². The van der Waals surface area contributed by atoms with Crippen molar-refractivity contribution in [2.75, 3.05) is 65.0 Å². The van der Waals surface area contributed by atoms with Crippen LogP contribution in [-0.2, 0) is 22.6 Å². The van der Waals surface area contributed by atoms with Crippen molar-refractivity contribution in [3.8, 4) is 23.3 Å². The number of anilines is 2. The van der Waals surface area contributed by atoms with Crippen molar-refractivity contribution in [3.05, 3.63) is 47.5 Å². The summed E-state index contributed by atoms with van der Waals surface area (Å²) in [6, 6.07) is 6.29. The number of nitrogen functional groups attached to an aromatic ring is 2. The van der Waals surface area contributed by atoms with Crippen molar-refractivity contribution in [2.24, 2.45) is 5.73 Å². The van der Waals surface area contributed by atoms with E-state index in [4.69, 9.17) is 36.1 Å². The molecule has 270 valence electrons. The lowest BCUT2D eigenvalue weighted by molar-refractivity contribution is 0.0155. The van der Waals surface area contributed by atoms with Crippen LogP contribution in [0.15, 0.2) is 36.4 Å². The predicted octanol–water partition coefficient (Wildman–Crippen LogP) is 2.64. The summed E-state index contributed by atoms with van der Waals surface area (Å²) in [7, 11) is 2.80. The fourth-order valence-electron chi connectivity index (χ4n) is 5.62. The quantitative estimate of drug-likeness (QED) is 0.124. The molecule has 6 N–H and O–H groups in total. The maximum absolute atomic E-state index is 12.3. The molecule has 0 unspecified atom stereocenters. The van der Waals surface area contributed by atoms with Gasteiger partial charge in [-0.15, -0.1) is 0 Å². The molecule has 5 rings (SSSR count). The standard InChI is InChI=1S/C35H43N9O7/c1-35(2,3)51-34(47)42-15-13-41(14-16-42)10-8-9-17-50-27-20-22(30(36)45)18-24-29(27)44(33(38)39-24)12-7-6-11-43-28-25(40-32(43)37)19-23(31(46)49-5)21-26(28)48-4/h6-7,18-21H,10-17H2,1-5H3,(H2,36,45)(H2,37,40)(H2,38,39)/b7-6+. The van der Waals surface area contributed by atoms with E-state index in [2.05, 4.69) is 26.7 Å². The van der Waals surface area contributed by atoms with E-state index in [0.29, 0.717) is 84.9 Å². The summed E-state index contributed by atoms with van der Waals surface area (Å²) in [5, 5.41) is 0. The number of ether oxygens (including phenoxy) is 4. The van der Waals surface area contributed by atoms with E-state index in [1.165, 1.54) is 14.2 Å². The zero-order chi connectivity index (χ0) is 36.9. The van der Waals surface area contributed by atoms with Gasteiger partial charge < -0.3 is 50.2 Å². The molecule has 2 aromatic carbocycles. The molecule has 0 atom stereocenters. The van der Waals surface area contributed by atoms with E-state index in [0.717, 1.165) is 0 Å². The number of primary amides is 1. The van der Waals surface area contributed by atoms with E-state index in [-0.39, 0.29) is 30.2 Å². The monoisotopic (exact) mass is 701 g/mol. The van der Waals surface area contributed by atoms with Crippen molar-refractivity contribution < 1.29 is 33.3 Å². The number of amides is 2. The number of esters is 1. The molecular weight excluding hydrogens is 658 g/mol. The Hall–Kier alpha value is -5.95. The van der Waals surface area contributed by atoms with Crippen molar-refractivity contribution in [2.45, 2.75) is 39.5 Å². The maximum atomic E-state index is 12.3. The van der Waals surface area contributed by atoms with Gasteiger partial charge in [0.2, 0.25) is 17.8 Å². The fourth-order valence-corrected chi connectivity index (χ4v) is 5.62. The molecule has 0 aliphatic carbocycles. The Bertz CT molecular complexity index is 2040. The first-order chi connectivity index (χ1) is 24.3. The minimum absolute atomic E-state index is 0.0443. The number of piperazine rings is 1. The summed E-state index contributed by atoms with van der Waals surface area (Å²) in [4.78, 5) is 49.3. The van der Waals surface area contributed by atoms with Crippen LogP contribution in [0.4, 0.5) is 16.7 Å². The molecule has 0 radical (unpaired) electrons. The van der Waals surface area contributed by atoms with E-state index in [9.17, 15) is 14.4 Å². The molecule has 1 fully saturated rings. The van der Waals surface area contributed by atoms with Gasteiger partial charge in [0.25, 0.3) is 0 Å². The van der Waals surface area contributed by atoms with E-state index in [1.54, 1.807) is 38.3 Å². The summed E-state index contributed by atoms with van der Waals surface area (Å²) < 4.78 is 25.4. The Labute approximate surface area is 295 Å². The molecular formula is C35H43N9O7. The molecule has 0 saturated carbocycles. The largest absolute Gasteiger partial charge is 0.494 e. The first-order valence-corrected chi connectivity index (χ1v) is 16.2. The highest BCUT2D eigenvalue weighted by Gasteiger charge is 2.25. The second-order valence-corrected chi connectivity index (χ2v) is 12.8. The molecule has 51 heavy (non-hydrogen) atoms. The Morgan fingerprint density at radius 1 is 0.843 bits per heavy atom. The fraction of sp³-hybridized carbons (Fsp3) is 0.400. The van der Waals surface area contributed by atoms with E-state index >= 15 is 0 Å². The van der Waals surface area contributed by atoms with Gasteiger partial charge in [0.05, 0.1) is 37.4 Å². The number of allylic oxidation sites excluding steroid dienone is 2. The van der Waals surface area contributed by atoms with Gasteiger partial charge in [0.15, 0.2) is 0 Å². The lowest BCUT2D eigenvalue weighted by Gasteiger charge is -2.34. The van der Waals surface area contributed by atoms with Crippen molar-refractivity contribution in [1.82, 2.24) is 28.9 Å². The van der Waals surface area contributed by atoms with Gasteiger partial charge in [0, 0.05) is 44.8 Å². The first kappa shape index (κ1) is 36.3. The molecule has 4 aromatic rings. The van der Waals surface area contributed by atoms with Crippen LogP contribution in [0.25, 0.3) is 22.1 Å². The third kappa shape index (κ3) is 8.44. The number of nitrogens with zero attached hydrogens (tertiary/aromatic N) is 6. The average molecular weight is 702 g/mol. The number of benzene rings is 2. The highest BCUT2D eigenvalue weighted by Crippen LogP contribution is 2.31. The van der Waals surface area contributed by atoms with Gasteiger partial charge in [0.1, 0.15) is 34.7 Å². The summed E-state index contributed by atoms with van der Waals surface area (Å²) >= 11 is 0. The number of imidazole rings is 2. The summed E-state index contributed by atoms with van der Waals surface area (Å²) in [6.07, 6.45) is 3.45. The highest BCUT2D eigenvalue weighted by atomic mass is 16.6. The number of hydrogen-bond donors (Lipinski definition) is 3. The number of aromatic nitrogens is 4. The van der Waals surface area contributed by atoms with Gasteiger partial charge >= 0.3 is 12.1 Å². The van der Waals surface area contributed by atoms with Crippen molar-refractivity contribution in [1.29, 1.82) is 0 Å². The molecule has 2 aromatic heterocycles. The van der Waals surface area contributed by atoms with Crippen LogP contribution < -0.4 is 26.7 Å². The molecule has 3 heterocycles. The normalized spacial score (nSPS) is 13.7. The lowest BCUT2D eigenvalue weighted by atomic mass is 10.1. The SMILES string of the molecule is COC(=O)c1cc(OC)c2c(c1)nc(N)n2C/C=C/Cn1c(N)nc2cc(C(N)=O)cc(OCC#CCN3CCN(C(=O)OC(C)(C)C)CC3)c21. The van der Waals surface area contributed by atoms with Crippen LogP contribution in [0.5, 0.6) is 11.5 Å². The molecule has 1 saturated heterocycles. The Morgan fingerprint density at radius 3 is 1.96 bits per heavy atom.